The second-order valence-electron chi connectivity index (χ2n) is 5.94. The smallest absolute Gasteiger partial charge is 0.251 e. The van der Waals surface area contributed by atoms with E-state index in [1.807, 2.05) is 26.2 Å². The molecule has 0 radical (unpaired) electrons. The number of amides is 3. The van der Waals surface area contributed by atoms with Gasteiger partial charge in [-0.05, 0) is 44.4 Å². The number of benzene rings is 1. The van der Waals surface area contributed by atoms with Gasteiger partial charge in [-0.3, -0.25) is 14.4 Å². The van der Waals surface area contributed by atoms with Crippen LogP contribution in [-0.2, 0) is 9.59 Å². The molecular weight excluding hydrogens is 338 g/mol. The first-order valence-electron chi connectivity index (χ1n) is 8.36. The molecule has 0 heterocycles. The molecule has 0 aliphatic rings. The molecule has 0 spiro atoms. The molecule has 6 nitrogen and oxygen atoms in total. The quantitative estimate of drug-likeness (QED) is 0.587. The van der Waals surface area contributed by atoms with Crippen molar-refractivity contribution in [2.45, 2.75) is 38.8 Å². The molecule has 0 aliphatic heterocycles. The van der Waals surface area contributed by atoms with Crippen molar-refractivity contribution in [1.29, 1.82) is 0 Å². The van der Waals surface area contributed by atoms with Crippen LogP contribution >= 0.6 is 11.8 Å². The Bertz CT molecular complexity index is 564. The van der Waals surface area contributed by atoms with Crippen LogP contribution in [0, 0.1) is 0 Å². The van der Waals surface area contributed by atoms with Crippen LogP contribution in [0.4, 0.5) is 0 Å². The summed E-state index contributed by atoms with van der Waals surface area (Å²) in [6.45, 7) is 4.01. The van der Waals surface area contributed by atoms with Gasteiger partial charge in [-0.2, -0.15) is 11.8 Å². The van der Waals surface area contributed by atoms with E-state index in [2.05, 4.69) is 16.0 Å². The van der Waals surface area contributed by atoms with Crippen molar-refractivity contribution in [2.75, 3.05) is 18.6 Å². The first kappa shape index (κ1) is 21.0. The highest BCUT2D eigenvalue weighted by Gasteiger charge is 2.21. The molecule has 0 saturated carbocycles. The Morgan fingerprint density at radius 3 is 2.36 bits per heavy atom. The van der Waals surface area contributed by atoms with Gasteiger partial charge < -0.3 is 16.0 Å². The molecule has 1 aromatic carbocycles. The predicted molar refractivity (Wildman–Crippen MR) is 102 cm³/mol. The first-order chi connectivity index (χ1) is 11.9. The standard InChI is InChI=1S/C18H27N3O3S/c1-13(2)20-16(22)9-11-19-18(24)15(10-12-25-3)21-17(23)14-7-5-4-6-8-14/h4-8,13,15H,9-12H2,1-3H3,(H,19,24)(H,20,22)(H,21,23)/t15-/m1/s1. The zero-order valence-electron chi connectivity index (χ0n) is 15.0. The summed E-state index contributed by atoms with van der Waals surface area (Å²) in [4.78, 5) is 36.2. The molecule has 0 fully saturated rings. The third-order valence-corrected chi connectivity index (χ3v) is 4.01. The minimum atomic E-state index is -0.617. The van der Waals surface area contributed by atoms with E-state index >= 15 is 0 Å². The molecule has 25 heavy (non-hydrogen) atoms. The Kier molecular flexibility index (Phi) is 9.69. The summed E-state index contributed by atoms with van der Waals surface area (Å²) in [6, 6.07) is 8.25. The Morgan fingerprint density at radius 1 is 1.08 bits per heavy atom. The Morgan fingerprint density at radius 2 is 1.76 bits per heavy atom. The van der Waals surface area contributed by atoms with Crippen LogP contribution in [-0.4, -0.2) is 48.4 Å². The summed E-state index contributed by atoms with van der Waals surface area (Å²) in [5, 5.41) is 8.27. The number of nitrogens with one attached hydrogen (secondary N) is 3. The summed E-state index contributed by atoms with van der Waals surface area (Å²) in [5.74, 6) is 0.0976. The van der Waals surface area contributed by atoms with Crippen LogP contribution in [0.2, 0.25) is 0 Å². The topological polar surface area (TPSA) is 87.3 Å². The Labute approximate surface area is 153 Å². The van der Waals surface area contributed by atoms with Crippen LogP contribution in [0.5, 0.6) is 0 Å². The van der Waals surface area contributed by atoms with Gasteiger partial charge in [-0.1, -0.05) is 18.2 Å². The summed E-state index contributed by atoms with van der Waals surface area (Å²) in [7, 11) is 0. The van der Waals surface area contributed by atoms with Gasteiger partial charge in [0.05, 0.1) is 0 Å². The zero-order valence-corrected chi connectivity index (χ0v) is 15.8. The van der Waals surface area contributed by atoms with Gasteiger partial charge in [0.15, 0.2) is 0 Å². The van der Waals surface area contributed by atoms with Gasteiger partial charge in [-0.15, -0.1) is 0 Å². The van der Waals surface area contributed by atoms with Gasteiger partial charge in [0.1, 0.15) is 6.04 Å². The maximum absolute atomic E-state index is 12.4. The van der Waals surface area contributed by atoms with E-state index in [0.29, 0.717) is 12.0 Å². The molecule has 1 aromatic rings. The van der Waals surface area contributed by atoms with Crippen LogP contribution in [0.1, 0.15) is 37.0 Å². The highest BCUT2D eigenvalue weighted by molar-refractivity contribution is 7.98. The summed E-state index contributed by atoms with van der Waals surface area (Å²) in [5.41, 5.74) is 0.515. The monoisotopic (exact) mass is 365 g/mol. The highest BCUT2D eigenvalue weighted by Crippen LogP contribution is 2.04. The lowest BCUT2D eigenvalue weighted by molar-refractivity contribution is -0.123. The van der Waals surface area contributed by atoms with Gasteiger partial charge in [0, 0.05) is 24.6 Å². The molecule has 138 valence electrons. The molecule has 0 aromatic heterocycles. The summed E-state index contributed by atoms with van der Waals surface area (Å²) < 4.78 is 0. The van der Waals surface area contributed by atoms with Crippen LogP contribution in [0.15, 0.2) is 30.3 Å². The predicted octanol–water partition coefficient (Wildman–Crippen LogP) is 1.57. The maximum Gasteiger partial charge on any atom is 0.251 e. The van der Waals surface area contributed by atoms with E-state index < -0.39 is 6.04 Å². The number of rotatable bonds is 10. The van der Waals surface area contributed by atoms with Crippen molar-refractivity contribution < 1.29 is 14.4 Å². The molecular formula is C18H27N3O3S. The van der Waals surface area contributed by atoms with E-state index in [0.717, 1.165) is 5.75 Å². The lowest BCUT2D eigenvalue weighted by atomic mass is 10.1. The van der Waals surface area contributed by atoms with Crippen molar-refractivity contribution in [3.05, 3.63) is 35.9 Å². The SMILES string of the molecule is CSCC[C@@H](NC(=O)c1ccccc1)C(=O)NCCC(=O)NC(C)C. The molecule has 0 bridgehead atoms. The molecule has 1 atom stereocenters. The van der Waals surface area contributed by atoms with Gasteiger partial charge in [0.25, 0.3) is 5.91 Å². The van der Waals surface area contributed by atoms with E-state index in [9.17, 15) is 14.4 Å². The molecule has 0 saturated heterocycles. The lowest BCUT2D eigenvalue weighted by Gasteiger charge is -2.18. The lowest BCUT2D eigenvalue weighted by Crippen LogP contribution is -2.47. The van der Waals surface area contributed by atoms with Crippen molar-refractivity contribution in [3.63, 3.8) is 0 Å². The highest BCUT2D eigenvalue weighted by atomic mass is 32.2. The fraction of sp³-hybridized carbons (Fsp3) is 0.500. The number of carbonyl (C=O) groups is 3. The van der Waals surface area contributed by atoms with Crippen LogP contribution in [0.3, 0.4) is 0 Å². The minimum Gasteiger partial charge on any atom is -0.354 e. The van der Waals surface area contributed by atoms with Gasteiger partial charge >= 0.3 is 0 Å². The third-order valence-electron chi connectivity index (χ3n) is 3.37. The van der Waals surface area contributed by atoms with Crippen molar-refractivity contribution in [3.8, 4) is 0 Å². The second-order valence-corrected chi connectivity index (χ2v) is 6.92. The zero-order chi connectivity index (χ0) is 18.7. The number of hydrogen-bond acceptors (Lipinski definition) is 4. The maximum atomic E-state index is 12.4. The molecule has 3 N–H and O–H groups in total. The molecule has 0 aliphatic carbocycles. The average Bonchev–Trinajstić information content (AvgIpc) is 2.58. The molecule has 7 heteroatoms. The second kappa shape index (κ2) is 11.5. The average molecular weight is 365 g/mol. The van der Waals surface area contributed by atoms with E-state index in [4.69, 9.17) is 0 Å². The van der Waals surface area contributed by atoms with Crippen molar-refractivity contribution in [2.24, 2.45) is 0 Å². The number of thioether (sulfide) groups is 1. The fourth-order valence-corrected chi connectivity index (χ4v) is 2.62. The summed E-state index contributed by atoms with van der Waals surface area (Å²) >= 11 is 1.61. The molecule has 3 amide bonds. The van der Waals surface area contributed by atoms with E-state index in [1.165, 1.54) is 0 Å². The normalized spacial score (nSPS) is 11.7. The molecule has 1 rings (SSSR count). The first-order valence-corrected chi connectivity index (χ1v) is 9.75. The Balaban J connectivity index is 2.54. The minimum absolute atomic E-state index is 0.0719. The van der Waals surface area contributed by atoms with Gasteiger partial charge in [-0.25, -0.2) is 0 Å². The van der Waals surface area contributed by atoms with Crippen molar-refractivity contribution >= 4 is 29.5 Å². The van der Waals surface area contributed by atoms with Gasteiger partial charge in [0.2, 0.25) is 11.8 Å². The fourth-order valence-electron chi connectivity index (χ4n) is 2.15. The Hall–Kier alpha value is -2.02. The summed E-state index contributed by atoms with van der Waals surface area (Å²) in [6.07, 6.45) is 2.69. The largest absolute Gasteiger partial charge is 0.354 e. The van der Waals surface area contributed by atoms with E-state index in [-0.39, 0.29) is 36.7 Å². The molecule has 0 unspecified atom stereocenters. The van der Waals surface area contributed by atoms with Crippen molar-refractivity contribution in [1.82, 2.24) is 16.0 Å². The third kappa shape index (κ3) is 8.58. The van der Waals surface area contributed by atoms with Crippen LogP contribution in [0.25, 0.3) is 0 Å². The van der Waals surface area contributed by atoms with Crippen LogP contribution < -0.4 is 16.0 Å². The van der Waals surface area contributed by atoms with E-state index in [1.54, 1.807) is 36.0 Å². The number of carbonyl (C=O) groups excluding carboxylic acids is 3. The number of hydrogen-bond donors (Lipinski definition) is 3.